The van der Waals surface area contributed by atoms with E-state index < -0.39 is 5.60 Å². The Hall–Kier alpha value is -3.49. The molecule has 9 nitrogen and oxygen atoms in total. The van der Waals surface area contributed by atoms with Gasteiger partial charge in [0.25, 0.3) is 11.8 Å². The predicted octanol–water partition coefficient (Wildman–Crippen LogP) is 2.39. The molecule has 1 N–H and O–H groups in total. The molecular formula is C23H25N5O4. The average Bonchev–Trinajstić information content (AvgIpc) is 3.34. The second-order valence-electron chi connectivity index (χ2n) is 9.03. The summed E-state index contributed by atoms with van der Waals surface area (Å²) in [6, 6.07) is 4.81. The molecule has 1 saturated heterocycles. The molecule has 3 aliphatic heterocycles. The summed E-state index contributed by atoms with van der Waals surface area (Å²) in [6.45, 7) is 5.86. The fourth-order valence-electron chi connectivity index (χ4n) is 4.51. The summed E-state index contributed by atoms with van der Waals surface area (Å²) in [7, 11) is 1.71. The third kappa shape index (κ3) is 3.11. The van der Waals surface area contributed by atoms with E-state index in [-0.39, 0.29) is 23.8 Å². The number of likely N-dealkylation sites (N-methyl/N-ethyl adjacent to an activating group) is 1. The Bertz CT molecular complexity index is 1180. The Morgan fingerprint density at radius 3 is 2.81 bits per heavy atom. The second kappa shape index (κ2) is 7.01. The number of aromatic nitrogens is 2. The Morgan fingerprint density at radius 1 is 1.25 bits per heavy atom. The predicted molar refractivity (Wildman–Crippen MR) is 117 cm³/mol. The summed E-state index contributed by atoms with van der Waals surface area (Å²) in [4.78, 5) is 50.4. The molecular weight excluding hydrogens is 410 g/mol. The number of aryl methyl sites for hydroxylation is 1. The summed E-state index contributed by atoms with van der Waals surface area (Å²) in [5, 5.41) is 2.83. The van der Waals surface area contributed by atoms with Crippen LogP contribution in [0.1, 0.15) is 60.2 Å². The third-order valence-electron chi connectivity index (χ3n) is 6.43. The summed E-state index contributed by atoms with van der Waals surface area (Å²) >= 11 is 0. The van der Waals surface area contributed by atoms with E-state index in [4.69, 9.17) is 4.74 Å². The lowest BCUT2D eigenvalue weighted by molar-refractivity contribution is -0.129. The van der Waals surface area contributed by atoms with Gasteiger partial charge in [-0.3, -0.25) is 19.3 Å². The van der Waals surface area contributed by atoms with Crippen molar-refractivity contribution in [2.24, 2.45) is 0 Å². The zero-order chi connectivity index (χ0) is 22.8. The van der Waals surface area contributed by atoms with Crippen LogP contribution in [0.2, 0.25) is 0 Å². The van der Waals surface area contributed by atoms with Gasteiger partial charge < -0.3 is 15.0 Å². The van der Waals surface area contributed by atoms with Crippen LogP contribution in [0, 0.1) is 6.92 Å². The van der Waals surface area contributed by atoms with Crippen molar-refractivity contribution in [1.82, 2.24) is 14.9 Å². The number of hydrogen-bond acceptors (Lipinski definition) is 6. The molecule has 0 radical (unpaired) electrons. The number of likely N-dealkylation sites (tertiary alicyclic amines) is 1. The molecule has 166 valence electrons. The summed E-state index contributed by atoms with van der Waals surface area (Å²) in [6.07, 6.45) is 1.90. The topological polar surface area (TPSA) is 105 Å². The zero-order valence-electron chi connectivity index (χ0n) is 18.6. The first-order valence-electron chi connectivity index (χ1n) is 10.7. The first-order valence-corrected chi connectivity index (χ1v) is 10.7. The van der Waals surface area contributed by atoms with Crippen molar-refractivity contribution < 1.29 is 19.1 Å². The monoisotopic (exact) mass is 435 g/mol. The molecule has 2 aromatic rings. The molecule has 32 heavy (non-hydrogen) atoms. The minimum absolute atomic E-state index is 0.00425. The number of hydrogen-bond donors (Lipinski definition) is 1. The SMILES string of the molecule is Cc1nc(C2CCCN2C(=O)c2ccc3c(c2)NC(=O)C(C)(C)O3)nc2c1CC(=O)N2C. The van der Waals surface area contributed by atoms with Gasteiger partial charge in [-0.05, 0) is 51.8 Å². The van der Waals surface area contributed by atoms with E-state index in [1.165, 1.54) is 0 Å². The van der Waals surface area contributed by atoms with E-state index in [9.17, 15) is 14.4 Å². The van der Waals surface area contributed by atoms with E-state index in [1.54, 1.807) is 48.9 Å². The lowest BCUT2D eigenvalue weighted by Gasteiger charge is -2.32. The Labute approximate surface area is 185 Å². The Kier molecular flexibility index (Phi) is 4.47. The van der Waals surface area contributed by atoms with E-state index in [0.29, 0.717) is 41.6 Å². The van der Waals surface area contributed by atoms with Crippen molar-refractivity contribution in [2.45, 2.75) is 51.7 Å². The smallest absolute Gasteiger partial charge is 0.268 e. The first kappa shape index (κ1) is 20.4. The van der Waals surface area contributed by atoms with Crippen LogP contribution in [0.5, 0.6) is 5.75 Å². The maximum Gasteiger partial charge on any atom is 0.268 e. The van der Waals surface area contributed by atoms with E-state index in [0.717, 1.165) is 24.1 Å². The summed E-state index contributed by atoms with van der Waals surface area (Å²) in [5.74, 6) is 1.32. The van der Waals surface area contributed by atoms with Crippen LogP contribution >= 0.6 is 0 Å². The molecule has 1 fully saturated rings. The summed E-state index contributed by atoms with van der Waals surface area (Å²) in [5.41, 5.74) is 1.62. The number of carbonyl (C=O) groups is 3. The number of anilines is 2. The number of rotatable bonds is 2. The van der Waals surface area contributed by atoms with Gasteiger partial charge in [0, 0.05) is 30.4 Å². The molecule has 3 aliphatic rings. The van der Waals surface area contributed by atoms with Gasteiger partial charge in [-0.1, -0.05) is 0 Å². The highest BCUT2D eigenvalue weighted by Crippen LogP contribution is 2.37. The number of carbonyl (C=O) groups excluding carboxylic acids is 3. The number of ether oxygens (including phenoxy) is 1. The normalized spacial score (nSPS) is 21.2. The molecule has 1 atom stereocenters. The fourth-order valence-corrected chi connectivity index (χ4v) is 4.51. The number of amides is 3. The van der Waals surface area contributed by atoms with Gasteiger partial charge in [-0.15, -0.1) is 0 Å². The Morgan fingerprint density at radius 2 is 2.03 bits per heavy atom. The van der Waals surface area contributed by atoms with Crippen LogP contribution in [0.4, 0.5) is 11.5 Å². The van der Waals surface area contributed by atoms with Crippen molar-refractivity contribution >= 4 is 29.2 Å². The van der Waals surface area contributed by atoms with Crippen molar-refractivity contribution in [3.63, 3.8) is 0 Å². The second-order valence-corrected chi connectivity index (χ2v) is 9.03. The minimum atomic E-state index is -0.962. The molecule has 9 heteroatoms. The molecule has 0 spiro atoms. The van der Waals surface area contributed by atoms with Gasteiger partial charge in [0.05, 0.1) is 18.2 Å². The van der Waals surface area contributed by atoms with Gasteiger partial charge in [-0.2, -0.15) is 0 Å². The number of nitrogens with zero attached hydrogens (tertiary/aromatic N) is 4. The molecule has 1 unspecified atom stereocenters. The van der Waals surface area contributed by atoms with Crippen LogP contribution in [-0.2, 0) is 16.0 Å². The zero-order valence-corrected chi connectivity index (χ0v) is 18.6. The van der Waals surface area contributed by atoms with Crippen LogP contribution < -0.4 is 15.0 Å². The van der Waals surface area contributed by atoms with Crippen molar-refractivity contribution in [2.75, 3.05) is 23.8 Å². The molecule has 0 bridgehead atoms. The largest absolute Gasteiger partial charge is 0.476 e. The standard InChI is InChI=1S/C23H25N5O4/c1-12-14-11-18(29)27(4)20(14)26-19(24-12)16-6-5-9-28(16)21(30)13-7-8-17-15(10-13)25-22(31)23(2,3)32-17/h7-8,10,16H,5-6,9,11H2,1-4H3,(H,25,31). The first-order chi connectivity index (χ1) is 15.2. The third-order valence-corrected chi connectivity index (χ3v) is 6.43. The maximum atomic E-state index is 13.4. The van der Waals surface area contributed by atoms with E-state index in [2.05, 4.69) is 15.3 Å². The van der Waals surface area contributed by atoms with Gasteiger partial charge >= 0.3 is 0 Å². The van der Waals surface area contributed by atoms with Crippen LogP contribution in [0.15, 0.2) is 18.2 Å². The fraction of sp³-hybridized carbons (Fsp3) is 0.435. The van der Waals surface area contributed by atoms with Gasteiger partial charge in [0.1, 0.15) is 11.6 Å². The quantitative estimate of drug-likeness (QED) is 0.777. The molecule has 5 rings (SSSR count). The van der Waals surface area contributed by atoms with Crippen molar-refractivity contribution in [1.29, 1.82) is 0 Å². The molecule has 3 amide bonds. The maximum absolute atomic E-state index is 13.4. The van der Waals surface area contributed by atoms with Gasteiger partial charge in [0.15, 0.2) is 11.4 Å². The van der Waals surface area contributed by atoms with Crippen LogP contribution in [0.3, 0.4) is 0 Å². The highest BCUT2D eigenvalue weighted by molar-refractivity contribution is 6.03. The molecule has 4 heterocycles. The lowest BCUT2D eigenvalue weighted by atomic mass is 10.0. The summed E-state index contributed by atoms with van der Waals surface area (Å²) < 4.78 is 5.77. The highest BCUT2D eigenvalue weighted by Gasteiger charge is 2.38. The number of fused-ring (bicyclic) bond motifs is 2. The average molecular weight is 435 g/mol. The van der Waals surface area contributed by atoms with E-state index >= 15 is 0 Å². The molecule has 1 aromatic heterocycles. The van der Waals surface area contributed by atoms with Crippen molar-refractivity contribution in [3.8, 4) is 5.75 Å². The van der Waals surface area contributed by atoms with E-state index in [1.807, 2.05) is 6.92 Å². The minimum Gasteiger partial charge on any atom is -0.476 e. The molecule has 0 aliphatic carbocycles. The molecule has 0 saturated carbocycles. The Balaban J connectivity index is 1.45. The highest BCUT2D eigenvalue weighted by atomic mass is 16.5. The van der Waals surface area contributed by atoms with Crippen LogP contribution in [0.25, 0.3) is 0 Å². The van der Waals surface area contributed by atoms with Crippen molar-refractivity contribution in [3.05, 3.63) is 40.8 Å². The van der Waals surface area contributed by atoms with Crippen LogP contribution in [-0.4, -0.2) is 51.8 Å². The number of benzene rings is 1. The number of nitrogens with one attached hydrogen (secondary N) is 1. The molecule has 1 aromatic carbocycles. The lowest BCUT2D eigenvalue weighted by Crippen LogP contribution is -2.45. The van der Waals surface area contributed by atoms with Gasteiger partial charge in [-0.25, -0.2) is 9.97 Å². The van der Waals surface area contributed by atoms with Gasteiger partial charge in [0.2, 0.25) is 5.91 Å².